The number of piperidine rings is 1. The molecule has 168 valence electrons. The molecule has 0 bridgehead atoms. The molecule has 0 aliphatic carbocycles. The molecule has 2 N–H and O–H groups in total. The minimum absolute atomic E-state index is 0.0775. The Labute approximate surface area is 187 Å². The summed E-state index contributed by atoms with van der Waals surface area (Å²) in [6, 6.07) is 13.4. The van der Waals surface area contributed by atoms with Gasteiger partial charge in [-0.1, -0.05) is 18.2 Å². The molecule has 0 radical (unpaired) electrons. The number of aryl methyl sites for hydroxylation is 1. The smallest absolute Gasteiger partial charge is 0.229 e. The van der Waals surface area contributed by atoms with E-state index in [-0.39, 0.29) is 17.7 Å². The van der Waals surface area contributed by atoms with Gasteiger partial charge in [-0.2, -0.15) is 0 Å². The van der Waals surface area contributed by atoms with Gasteiger partial charge in [-0.3, -0.25) is 9.59 Å². The number of fused-ring (bicyclic) bond motifs is 1. The normalized spacial score (nSPS) is 16.1. The number of H-pyrrole nitrogens is 1. The van der Waals surface area contributed by atoms with Crippen LogP contribution in [0.25, 0.3) is 10.9 Å². The summed E-state index contributed by atoms with van der Waals surface area (Å²) in [5, 5.41) is 4.11. The summed E-state index contributed by atoms with van der Waals surface area (Å²) in [5.41, 5.74) is 2.88. The number of para-hydroxylation sites is 1. The van der Waals surface area contributed by atoms with Crippen molar-refractivity contribution in [2.75, 3.05) is 32.6 Å². The van der Waals surface area contributed by atoms with Crippen LogP contribution in [0.4, 0.5) is 5.69 Å². The van der Waals surface area contributed by atoms with Gasteiger partial charge in [-0.15, -0.1) is 0 Å². The number of anilines is 1. The highest BCUT2D eigenvalue weighted by Crippen LogP contribution is 2.30. The molecule has 0 unspecified atom stereocenters. The van der Waals surface area contributed by atoms with Crippen LogP contribution >= 0.6 is 0 Å². The quantitative estimate of drug-likeness (QED) is 0.588. The number of benzene rings is 2. The number of nitrogens with zero attached hydrogens (tertiary/aromatic N) is 1. The van der Waals surface area contributed by atoms with E-state index < -0.39 is 0 Å². The van der Waals surface area contributed by atoms with E-state index in [9.17, 15) is 9.59 Å². The number of nitrogens with one attached hydrogen (secondary N) is 2. The molecule has 1 aliphatic rings. The minimum atomic E-state index is -0.228. The van der Waals surface area contributed by atoms with Gasteiger partial charge in [0.1, 0.15) is 0 Å². The number of hydrogen-bond donors (Lipinski definition) is 2. The summed E-state index contributed by atoms with van der Waals surface area (Å²) in [6.07, 6.45) is 4.69. The number of amides is 2. The lowest BCUT2D eigenvalue weighted by atomic mass is 9.96. The van der Waals surface area contributed by atoms with Gasteiger partial charge in [0.05, 0.1) is 20.1 Å². The van der Waals surface area contributed by atoms with E-state index in [4.69, 9.17) is 9.47 Å². The molecule has 1 fully saturated rings. The van der Waals surface area contributed by atoms with Crippen molar-refractivity contribution >= 4 is 28.4 Å². The third kappa shape index (κ3) is 4.72. The fourth-order valence-electron chi connectivity index (χ4n) is 4.31. The minimum Gasteiger partial charge on any atom is -0.493 e. The number of ether oxygens (including phenoxy) is 2. The number of carbonyl (C=O) groups is 2. The Kier molecular flexibility index (Phi) is 6.63. The average molecular weight is 436 g/mol. The van der Waals surface area contributed by atoms with E-state index in [1.165, 1.54) is 0 Å². The number of likely N-dealkylation sites (tertiary alicyclic amines) is 1. The van der Waals surface area contributed by atoms with Crippen LogP contribution in [0.2, 0.25) is 0 Å². The summed E-state index contributed by atoms with van der Waals surface area (Å²) < 4.78 is 10.5. The van der Waals surface area contributed by atoms with E-state index in [2.05, 4.69) is 16.4 Å². The highest BCUT2D eigenvalue weighted by Gasteiger charge is 2.28. The molecule has 1 aliphatic heterocycles. The Balaban J connectivity index is 1.34. The lowest BCUT2D eigenvalue weighted by Gasteiger charge is -2.32. The van der Waals surface area contributed by atoms with Gasteiger partial charge in [0.15, 0.2) is 11.5 Å². The average Bonchev–Trinajstić information content (AvgIpc) is 3.25. The van der Waals surface area contributed by atoms with E-state index >= 15 is 0 Å². The van der Waals surface area contributed by atoms with Crippen LogP contribution in [0.15, 0.2) is 48.7 Å². The fourth-order valence-corrected chi connectivity index (χ4v) is 4.31. The number of carbonyl (C=O) groups excluding carboxylic acids is 2. The van der Waals surface area contributed by atoms with Gasteiger partial charge in [-0.25, -0.2) is 0 Å². The zero-order chi connectivity index (χ0) is 22.5. The topological polar surface area (TPSA) is 83.7 Å². The van der Waals surface area contributed by atoms with Crippen molar-refractivity contribution in [1.82, 2.24) is 9.88 Å². The zero-order valence-corrected chi connectivity index (χ0v) is 18.5. The molecule has 0 spiro atoms. The first-order chi connectivity index (χ1) is 15.6. The van der Waals surface area contributed by atoms with Crippen LogP contribution in [-0.4, -0.2) is 49.0 Å². The zero-order valence-electron chi connectivity index (χ0n) is 18.5. The third-order valence-electron chi connectivity index (χ3n) is 6.08. The molecule has 0 saturated carbocycles. The number of aromatic amines is 1. The molecule has 2 amide bonds. The molecule has 1 aromatic heterocycles. The first-order valence-electron chi connectivity index (χ1n) is 10.9. The Bertz CT molecular complexity index is 1110. The van der Waals surface area contributed by atoms with Gasteiger partial charge in [0, 0.05) is 48.4 Å². The standard InChI is InChI=1S/C25H29N3O4/c1-31-22-11-10-19(14-23(22)32-2)27-25(30)18-6-5-13-28(16-18)24(29)12-9-17-15-26-21-8-4-3-7-20(17)21/h3-4,7-8,10-11,14-15,18,26H,5-6,9,12-13,16H2,1-2H3,(H,27,30)/t18-/m0/s1. The molecule has 1 saturated heterocycles. The second-order valence-electron chi connectivity index (χ2n) is 8.10. The maximum atomic E-state index is 12.9. The van der Waals surface area contributed by atoms with E-state index in [0.29, 0.717) is 43.1 Å². The highest BCUT2D eigenvalue weighted by molar-refractivity contribution is 5.93. The molecule has 1 atom stereocenters. The molecule has 2 heterocycles. The van der Waals surface area contributed by atoms with Gasteiger partial charge in [0.2, 0.25) is 11.8 Å². The number of aromatic nitrogens is 1. The first kappa shape index (κ1) is 21.7. The van der Waals surface area contributed by atoms with Crippen molar-refractivity contribution < 1.29 is 19.1 Å². The summed E-state index contributed by atoms with van der Waals surface area (Å²) >= 11 is 0. The van der Waals surface area contributed by atoms with Gasteiger partial charge >= 0.3 is 0 Å². The number of hydrogen-bond acceptors (Lipinski definition) is 4. The number of rotatable bonds is 7. The van der Waals surface area contributed by atoms with Crippen LogP contribution in [0.1, 0.15) is 24.8 Å². The SMILES string of the molecule is COc1ccc(NC(=O)[C@H]2CCCN(C(=O)CCc3c[nH]c4ccccc34)C2)cc1OC. The van der Waals surface area contributed by atoms with Crippen molar-refractivity contribution in [3.63, 3.8) is 0 Å². The van der Waals surface area contributed by atoms with Crippen LogP contribution in [0.5, 0.6) is 11.5 Å². The van der Waals surface area contributed by atoms with Gasteiger partial charge in [0.25, 0.3) is 0 Å². The first-order valence-corrected chi connectivity index (χ1v) is 10.9. The predicted molar refractivity (Wildman–Crippen MR) is 124 cm³/mol. The molecule has 7 heteroatoms. The lowest BCUT2D eigenvalue weighted by molar-refractivity contribution is -0.134. The summed E-state index contributed by atoms with van der Waals surface area (Å²) in [4.78, 5) is 30.8. The molecule has 3 aromatic rings. The Hall–Kier alpha value is -3.48. The van der Waals surface area contributed by atoms with Crippen molar-refractivity contribution in [1.29, 1.82) is 0 Å². The third-order valence-corrected chi connectivity index (χ3v) is 6.08. The molecule has 7 nitrogen and oxygen atoms in total. The molecular formula is C25H29N3O4. The van der Waals surface area contributed by atoms with Crippen molar-refractivity contribution in [3.8, 4) is 11.5 Å². The lowest BCUT2D eigenvalue weighted by Crippen LogP contribution is -2.43. The second kappa shape index (κ2) is 9.77. The van der Waals surface area contributed by atoms with Crippen molar-refractivity contribution in [2.45, 2.75) is 25.7 Å². The largest absolute Gasteiger partial charge is 0.493 e. The van der Waals surface area contributed by atoms with Gasteiger partial charge < -0.3 is 24.7 Å². The molecule has 2 aromatic carbocycles. The predicted octanol–water partition coefficient (Wildman–Crippen LogP) is 4.00. The summed E-state index contributed by atoms with van der Waals surface area (Å²) in [5.74, 6) is 0.956. The highest BCUT2D eigenvalue weighted by atomic mass is 16.5. The van der Waals surface area contributed by atoms with E-state index in [1.807, 2.05) is 29.3 Å². The van der Waals surface area contributed by atoms with Crippen LogP contribution in [0.3, 0.4) is 0 Å². The Morgan fingerprint density at radius 2 is 1.94 bits per heavy atom. The van der Waals surface area contributed by atoms with E-state index in [1.54, 1.807) is 32.4 Å². The van der Waals surface area contributed by atoms with Gasteiger partial charge in [-0.05, 0) is 43.0 Å². The number of methoxy groups -OCH3 is 2. The second-order valence-corrected chi connectivity index (χ2v) is 8.10. The molecule has 32 heavy (non-hydrogen) atoms. The fraction of sp³-hybridized carbons (Fsp3) is 0.360. The monoisotopic (exact) mass is 435 g/mol. The Morgan fingerprint density at radius 3 is 2.75 bits per heavy atom. The molecular weight excluding hydrogens is 406 g/mol. The van der Waals surface area contributed by atoms with Crippen LogP contribution in [0, 0.1) is 5.92 Å². The van der Waals surface area contributed by atoms with Crippen LogP contribution < -0.4 is 14.8 Å². The van der Waals surface area contributed by atoms with Crippen molar-refractivity contribution in [2.24, 2.45) is 5.92 Å². The summed E-state index contributed by atoms with van der Waals surface area (Å²) in [6.45, 7) is 1.15. The maximum Gasteiger partial charge on any atom is 0.229 e. The van der Waals surface area contributed by atoms with Crippen LogP contribution in [-0.2, 0) is 16.0 Å². The van der Waals surface area contributed by atoms with E-state index in [0.717, 1.165) is 29.3 Å². The maximum absolute atomic E-state index is 12.9. The molecule has 4 rings (SSSR count). The Morgan fingerprint density at radius 1 is 1.12 bits per heavy atom. The summed E-state index contributed by atoms with van der Waals surface area (Å²) in [7, 11) is 3.13. The van der Waals surface area contributed by atoms with Crippen molar-refractivity contribution in [3.05, 3.63) is 54.2 Å².